The first kappa shape index (κ1) is 9.69. The summed E-state index contributed by atoms with van der Waals surface area (Å²) in [5.41, 5.74) is 0.151. The number of hydrogen-bond acceptors (Lipinski definition) is 2. The standard InChI is InChI=1S/C9H5ClFNO/c10-7-3-1-6(2-4-7)9(13)8(11)5-12/h1-4,8H/t8-/m1/s1. The summed E-state index contributed by atoms with van der Waals surface area (Å²) in [4.78, 5) is 11.0. The zero-order valence-corrected chi connectivity index (χ0v) is 7.25. The van der Waals surface area contributed by atoms with Gasteiger partial charge in [-0.3, -0.25) is 4.79 Å². The highest BCUT2D eigenvalue weighted by molar-refractivity contribution is 6.30. The molecular weight excluding hydrogens is 193 g/mol. The van der Waals surface area contributed by atoms with Crippen molar-refractivity contribution < 1.29 is 9.18 Å². The molecule has 0 aliphatic rings. The summed E-state index contributed by atoms with van der Waals surface area (Å²) in [6.07, 6.45) is -2.10. The lowest BCUT2D eigenvalue weighted by molar-refractivity contribution is 0.0918. The van der Waals surface area contributed by atoms with Gasteiger partial charge in [0.25, 0.3) is 0 Å². The smallest absolute Gasteiger partial charge is 0.248 e. The fraction of sp³-hybridized carbons (Fsp3) is 0.111. The number of halogens is 2. The summed E-state index contributed by atoms with van der Waals surface area (Å²) in [5, 5.41) is 8.61. The van der Waals surface area contributed by atoms with Crippen LogP contribution in [0.2, 0.25) is 5.02 Å². The van der Waals surface area contributed by atoms with Gasteiger partial charge >= 0.3 is 0 Å². The lowest BCUT2D eigenvalue weighted by Gasteiger charge is -1.98. The third-order valence-electron chi connectivity index (χ3n) is 1.47. The van der Waals surface area contributed by atoms with Gasteiger partial charge in [0.1, 0.15) is 6.07 Å². The molecule has 1 atom stereocenters. The minimum atomic E-state index is -2.10. The first-order valence-corrected chi connectivity index (χ1v) is 3.86. The number of nitrogens with zero attached hydrogens (tertiary/aromatic N) is 1. The Hall–Kier alpha value is -1.40. The Morgan fingerprint density at radius 1 is 1.46 bits per heavy atom. The van der Waals surface area contributed by atoms with Crippen molar-refractivity contribution in [2.75, 3.05) is 0 Å². The zero-order chi connectivity index (χ0) is 9.84. The Balaban J connectivity index is 2.91. The van der Waals surface area contributed by atoms with E-state index in [9.17, 15) is 9.18 Å². The predicted octanol–water partition coefficient (Wildman–Crippen LogP) is 2.38. The molecule has 1 aromatic rings. The lowest BCUT2D eigenvalue weighted by Crippen LogP contribution is -2.12. The summed E-state index contributed by atoms with van der Waals surface area (Å²) in [7, 11) is 0. The number of hydrogen-bond donors (Lipinski definition) is 0. The van der Waals surface area contributed by atoms with Gasteiger partial charge in [-0.2, -0.15) is 5.26 Å². The first-order valence-electron chi connectivity index (χ1n) is 3.48. The number of carbonyl (C=O) groups excluding carboxylic acids is 1. The van der Waals surface area contributed by atoms with Crippen molar-refractivity contribution in [1.82, 2.24) is 0 Å². The van der Waals surface area contributed by atoms with Crippen LogP contribution in [-0.2, 0) is 0 Å². The molecule has 4 heteroatoms. The molecule has 0 unspecified atom stereocenters. The quantitative estimate of drug-likeness (QED) is 0.683. The van der Waals surface area contributed by atoms with Crippen molar-refractivity contribution in [1.29, 1.82) is 5.26 Å². The highest BCUT2D eigenvalue weighted by atomic mass is 35.5. The van der Waals surface area contributed by atoms with Crippen LogP contribution < -0.4 is 0 Å². The lowest BCUT2D eigenvalue weighted by atomic mass is 10.1. The first-order chi connectivity index (χ1) is 6.15. The van der Waals surface area contributed by atoms with Gasteiger partial charge in [-0.15, -0.1) is 0 Å². The molecule has 2 nitrogen and oxygen atoms in total. The van der Waals surface area contributed by atoms with E-state index >= 15 is 0 Å². The molecule has 0 aliphatic heterocycles. The predicted molar refractivity (Wildman–Crippen MR) is 46.3 cm³/mol. The third-order valence-corrected chi connectivity index (χ3v) is 1.72. The van der Waals surface area contributed by atoms with E-state index in [2.05, 4.69) is 0 Å². The molecule has 0 bridgehead atoms. The molecular formula is C9H5ClFNO. The molecule has 0 N–H and O–H groups in total. The normalized spacial score (nSPS) is 11.8. The van der Waals surface area contributed by atoms with Crippen LogP contribution in [0, 0.1) is 11.3 Å². The van der Waals surface area contributed by atoms with E-state index in [0.717, 1.165) is 0 Å². The van der Waals surface area contributed by atoms with Crippen LogP contribution in [0.5, 0.6) is 0 Å². The Morgan fingerprint density at radius 2 is 2.00 bits per heavy atom. The van der Waals surface area contributed by atoms with Gasteiger partial charge in [0.2, 0.25) is 12.0 Å². The second-order valence-corrected chi connectivity index (χ2v) is 2.80. The highest BCUT2D eigenvalue weighted by Gasteiger charge is 2.17. The van der Waals surface area contributed by atoms with E-state index in [4.69, 9.17) is 16.9 Å². The molecule has 0 amide bonds. The maximum atomic E-state index is 12.6. The Morgan fingerprint density at radius 3 is 2.46 bits per heavy atom. The Labute approximate surface area is 79.5 Å². The molecule has 0 radical (unpaired) electrons. The molecule has 0 aliphatic carbocycles. The van der Waals surface area contributed by atoms with E-state index in [1.165, 1.54) is 30.3 Å². The summed E-state index contributed by atoms with van der Waals surface area (Å²) >= 11 is 5.56. The van der Waals surface area contributed by atoms with E-state index in [0.29, 0.717) is 5.02 Å². The monoisotopic (exact) mass is 197 g/mol. The van der Waals surface area contributed by atoms with Gasteiger partial charge < -0.3 is 0 Å². The average Bonchev–Trinajstić information content (AvgIpc) is 2.17. The number of carbonyl (C=O) groups is 1. The van der Waals surface area contributed by atoms with Crippen molar-refractivity contribution in [3.05, 3.63) is 34.9 Å². The molecule has 0 heterocycles. The average molecular weight is 198 g/mol. The van der Waals surface area contributed by atoms with Gasteiger partial charge in [0.05, 0.1) is 0 Å². The van der Waals surface area contributed by atoms with E-state index in [1.807, 2.05) is 0 Å². The van der Waals surface area contributed by atoms with Crippen LogP contribution in [-0.4, -0.2) is 12.0 Å². The number of ketones is 1. The minimum Gasteiger partial charge on any atom is -0.290 e. The second-order valence-electron chi connectivity index (χ2n) is 2.36. The molecule has 0 spiro atoms. The van der Waals surface area contributed by atoms with Crippen LogP contribution in [0.3, 0.4) is 0 Å². The number of benzene rings is 1. The van der Waals surface area contributed by atoms with Crippen LogP contribution in [0.4, 0.5) is 4.39 Å². The molecule has 0 fully saturated rings. The van der Waals surface area contributed by atoms with Gasteiger partial charge in [0.15, 0.2) is 0 Å². The van der Waals surface area contributed by atoms with Crippen molar-refractivity contribution in [3.8, 4) is 6.07 Å². The van der Waals surface area contributed by atoms with Gasteiger partial charge in [-0.1, -0.05) is 11.6 Å². The zero-order valence-electron chi connectivity index (χ0n) is 6.50. The fourth-order valence-corrected chi connectivity index (χ4v) is 0.945. The highest BCUT2D eigenvalue weighted by Crippen LogP contribution is 2.11. The number of nitriles is 1. The summed E-state index contributed by atoms with van der Waals surface area (Å²) < 4.78 is 12.6. The molecule has 1 rings (SSSR count). The van der Waals surface area contributed by atoms with Crippen LogP contribution >= 0.6 is 11.6 Å². The summed E-state index contributed by atoms with van der Waals surface area (Å²) in [6.45, 7) is 0. The Kier molecular flexibility index (Phi) is 2.99. The maximum Gasteiger partial charge on any atom is 0.248 e. The van der Waals surface area contributed by atoms with Crippen molar-refractivity contribution >= 4 is 17.4 Å². The molecule has 1 aromatic carbocycles. The van der Waals surface area contributed by atoms with Crippen LogP contribution in [0.15, 0.2) is 24.3 Å². The SMILES string of the molecule is N#C[C@@H](F)C(=O)c1ccc(Cl)cc1. The molecule has 0 saturated heterocycles. The second kappa shape index (κ2) is 4.01. The minimum absolute atomic E-state index is 0.151. The van der Waals surface area contributed by atoms with Crippen molar-refractivity contribution in [2.45, 2.75) is 6.17 Å². The van der Waals surface area contributed by atoms with Gasteiger partial charge in [-0.25, -0.2) is 4.39 Å². The van der Waals surface area contributed by atoms with Gasteiger partial charge in [0, 0.05) is 10.6 Å². The van der Waals surface area contributed by atoms with Gasteiger partial charge in [-0.05, 0) is 24.3 Å². The third kappa shape index (κ3) is 2.27. The molecule has 66 valence electrons. The number of rotatable bonds is 2. The van der Waals surface area contributed by atoms with Crippen molar-refractivity contribution in [3.63, 3.8) is 0 Å². The van der Waals surface area contributed by atoms with E-state index in [1.54, 1.807) is 0 Å². The molecule has 0 saturated carbocycles. The van der Waals surface area contributed by atoms with E-state index < -0.39 is 12.0 Å². The largest absolute Gasteiger partial charge is 0.290 e. The molecule has 13 heavy (non-hydrogen) atoms. The Bertz CT molecular complexity index is 355. The summed E-state index contributed by atoms with van der Waals surface area (Å²) in [6, 6.07) is 6.94. The fourth-order valence-electron chi connectivity index (χ4n) is 0.819. The topological polar surface area (TPSA) is 40.9 Å². The van der Waals surface area contributed by atoms with Crippen LogP contribution in [0.25, 0.3) is 0 Å². The maximum absolute atomic E-state index is 12.6. The number of Topliss-reactive ketones (excluding diaryl/α,β-unsaturated/α-hetero) is 1. The number of alkyl halides is 1. The van der Waals surface area contributed by atoms with Crippen molar-refractivity contribution in [2.24, 2.45) is 0 Å². The summed E-state index contributed by atoms with van der Waals surface area (Å²) in [5.74, 6) is -0.834. The molecule has 0 aromatic heterocycles. The van der Waals surface area contributed by atoms with Crippen LogP contribution in [0.1, 0.15) is 10.4 Å². The van der Waals surface area contributed by atoms with E-state index in [-0.39, 0.29) is 5.56 Å².